The van der Waals surface area contributed by atoms with Gasteiger partial charge in [0.2, 0.25) is 11.8 Å². The molecular weight excluding hydrogens is 468 g/mol. The highest BCUT2D eigenvalue weighted by Gasteiger charge is 2.40. The second-order valence-electron chi connectivity index (χ2n) is 9.34. The van der Waals surface area contributed by atoms with E-state index in [0.717, 1.165) is 31.2 Å². The van der Waals surface area contributed by atoms with Crippen LogP contribution in [0.15, 0.2) is 47.1 Å². The molecule has 1 aromatic carbocycles. The second kappa shape index (κ2) is 11.7. The van der Waals surface area contributed by atoms with Crippen molar-refractivity contribution in [3.63, 3.8) is 0 Å². The van der Waals surface area contributed by atoms with Gasteiger partial charge in [-0.15, -0.1) is 0 Å². The molecule has 2 unspecified atom stereocenters. The van der Waals surface area contributed by atoms with E-state index in [4.69, 9.17) is 21.8 Å². The summed E-state index contributed by atoms with van der Waals surface area (Å²) in [6.07, 6.45) is 6.83. The molecule has 8 nitrogen and oxygen atoms in total. The van der Waals surface area contributed by atoms with Crippen LogP contribution in [0, 0.1) is 0 Å². The molecule has 0 bridgehead atoms. The average molecular weight is 501 g/mol. The summed E-state index contributed by atoms with van der Waals surface area (Å²) in [7, 11) is 0. The normalized spacial score (nSPS) is 19.0. The molecule has 2 heterocycles. The summed E-state index contributed by atoms with van der Waals surface area (Å²) in [5, 5.41) is 3.47. The molecule has 0 radical (unpaired) electrons. The first kappa shape index (κ1) is 25.3. The van der Waals surface area contributed by atoms with E-state index in [1.807, 2.05) is 17.0 Å². The molecule has 35 heavy (non-hydrogen) atoms. The Morgan fingerprint density at radius 2 is 1.86 bits per heavy atom. The average Bonchev–Trinajstić information content (AvgIpc) is 3.63. The lowest BCUT2D eigenvalue weighted by Crippen LogP contribution is -2.51. The molecule has 1 saturated carbocycles. The Morgan fingerprint density at radius 1 is 1.11 bits per heavy atom. The van der Waals surface area contributed by atoms with Gasteiger partial charge in [-0.05, 0) is 49.1 Å². The van der Waals surface area contributed by atoms with Gasteiger partial charge < -0.3 is 25.3 Å². The first-order valence-electron chi connectivity index (χ1n) is 12.3. The molecule has 2 fully saturated rings. The van der Waals surface area contributed by atoms with Crippen molar-refractivity contribution in [1.29, 1.82) is 0 Å². The first-order chi connectivity index (χ1) is 17.0. The van der Waals surface area contributed by atoms with Gasteiger partial charge >= 0.3 is 0 Å². The summed E-state index contributed by atoms with van der Waals surface area (Å²) in [4.78, 5) is 43.0. The van der Waals surface area contributed by atoms with Gasteiger partial charge in [-0.2, -0.15) is 0 Å². The van der Waals surface area contributed by atoms with Crippen LogP contribution < -0.4 is 11.1 Å². The maximum Gasteiger partial charge on any atom is 0.290 e. The number of amides is 3. The number of carbonyl (C=O) groups is 3. The lowest BCUT2D eigenvalue weighted by atomic mass is 10.0. The van der Waals surface area contributed by atoms with E-state index in [2.05, 4.69) is 5.32 Å². The second-order valence-corrected chi connectivity index (χ2v) is 9.78. The number of benzene rings is 1. The number of likely N-dealkylation sites (tertiary alicyclic amines) is 1. The summed E-state index contributed by atoms with van der Waals surface area (Å²) >= 11 is 6.00. The van der Waals surface area contributed by atoms with Gasteiger partial charge in [-0.1, -0.05) is 36.6 Å². The summed E-state index contributed by atoms with van der Waals surface area (Å²) in [5.41, 5.74) is 6.44. The number of rotatable bonds is 9. The number of nitrogens with two attached hydrogens (primary N) is 1. The zero-order valence-electron chi connectivity index (χ0n) is 19.8. The van der Waals surface area contributed by atoms with Gasteiger partial charge in [0.1, 0.15) is 6.04 Å². The summed E-state index contributed by atoms with van der Waals surface area (Å²) in [6, 6.07) is 10.0. The van der Waals surface area contributed by atoms with Crippen LogP contribution in [-0.4, -0.2) is 65.3 Å². The topological polar surface area (TPSA) is 109 Å². The number of hydrogen-bond acceptors (Lipinski definition) is 5. The van der Waals surface area contributed by atoms with Crippen LogP contribution in [-0.2, 0) is 16.0 Å². The lowest BCUT2D eigenvalue weighted by Gasteiger charge is -2.34. The molecular formula is C26H33ClN4O4. The van der Waals surface area contributed by atoms with Crippen molar-refractivity contribution in [2.45, 2.75) is 63.1 Å². The quantitative estimate of drug-likeness (QED) is 0.550. The van der Waals surface area contributed by atoms with Crippen LogP contribution in [0.4, 0.5) is 0 Å². The Morgan fingerprint density at radius 3 is 2.51 bits per heavy atom. The fraction of sp³-hybridized carbons (Fsp3) is 0.500. The van der Waals surface area contributed by atoms with Gasteiger partial charge in [0.25, 0.3) is 5.91 Å². The Balaban J connectivity index is 1.49. The molecule has 2 aromatic rings. The largest absolute Gasteiger partial charge is 0.459 e. The van der Waals surface area contributed by atoms with Crippen molar-refractivity contribution in [1.82, 2.24) is 15.1 Å². The van der Waals surface area contributed by atoms with Gasteiger partial charge in [0.15, 0.2) is 5.76 Å². The van der Waals surface area contributed by atoms with Gasteiger partial charge in [0.05, 0.1) is 12.3 Å². The summed E-state index contributed by atoms with van der Waals surface area (Å²) in [5.74, 6) is -0.188. The molecule has 1 aromatic heterocycles. The summed E-state index contributed by atoms with van der Waals surface area (Å²) in [6.45, 7) is 1.18. The van der Waals surface area contributed by atoms with Gasteiger partial charge in [-0.25, -0.2) is 0 Å². The number of nitrogens with zero attached hydrogens (tertiary/aromatic N) is 2. The van der Waals surface area contributed by atoms with Gasteiger partial charge in [-0.3, -0.25) is 14.4 Å². The van der Waals surface area contributed by atoms with Crippen molar-refractivity contribution in [2.75, 3.05) is 19.6 Å². The minimum atomic E-state index is -0.713. The Bertz CT molecular complexity index is 1000. The fourth-order valence-electron chi connectivity index (χ4n) is 5.18. The SMILES string of the molecule is NCCC(=O)NC(Cc1ccc(Cl)cc1)C(=O)N1CCC(N(C(=O)c2ccco2)C2CCCC2)C1. The molecule has 2 atom stereocenters. The van der Waals surface area contributed by atoms with Crippen LogP contribution in [0.25, 0.3) is 0 Å². The fourth-order valence-corrected chi connectivity index (χ4v) is 5.31. The van der Waals surface area contributed by atoms with Crippen molar-refractivity contribution in [3.8, 4) is 0 Å². The molecule has 4 rings (SSSR count). The van der Waals surface area contributed by atoms with Crippen LogP contribution in [0.1, 0.15) is 54.6 Å². The molecule has 3 N–H and O–H groups in total. The molecule has 2 aliphatic rings. The van der Waals surface area contributed by atoms with E-state index >= 15 is 0 Å². The lowest BCUT2D eigenvalue weighted by molar-refractivity contribution is -0.135. The predicted molar refractivity (Wildman–Crippen MR) is 133 cm³/mol. The molecule has 1 aliphatic heterocycles. The number of halogens is 1. The number of hydrogen-bond donors (Lipinski definition) is 2. The minimum absolute atomic E-state index is 0.0874. The van der Waals surface area contributed by atoms with Crippen LogP contribution in [0.5, 0.6) is 0 Å². The van der Waals surface area contributed by atoms with Crippen LogP contribution >= 0.6 is 11.6 Å². The van der Waals surface area contributed by atoms with Crippen molar-refractivity contribution >= 4 is 29.3 Å². The Labute approximate surface area is 210 Å². The van der Waals surface area contributed by atoms with Crippen molar-refractivity contribution < 1.29 is 18.8 Å². The highest BCUT2D eigenvalue weighted by Crippen LogP contribution is 2.30. The highest BCUT2D eigenvalue weighted by atomic mass is 35.5. The third-order valence-electron chi connectivity index (χ3n) is 6.91. The highest BCUT2D eigenvalue weighted by molar-refractivity contribution is 6.30. The minimum Gasteiger partial charge on any atom is -0.459 e. The van der Waals surface area contributed by atoms with E-state index in [1.54, 1.807) is 29.2 Å². The third kappa shape index (κ3) is 6.24. The summed E-state index contributed by atoms with van der Waals surface area (Å²) < 4.78 is 5.41. The van der Waals surface area contributed by atoms with Crippen LogP contribution in [0.3, 0.4) is 0 Å². The van der Waals surface area contributed by atoms with E-state index in [0.29, 0.717) is 36.7 Å². The predicted octanol–water partition coefficient (Wildman–Crippen LogP) is 3.00. The van der Waals surface area contributed by atoms with E-state index in [-0.39, 0.29) is 42.8 Å². The Hall–Kier alpha value is -2.84. The molecule has 1 aliphatic carbocycles. The van der Waals surface area contributed by atoms with Gasteiger partial charge in [0, 0.05) is 43.5 Å². The van der Waals surface area contributed by atoms with E-state index < -0.39 is 6.04 Å². The molecule has 188 valence electrons. The van der Waals surface area contributed by atoms with Crippen molar-refractivity contribution in [3.05, 3.63) is 59.0 Å². The standard InChI is InChI=1S/C26H33ClN4O4/c27-19-9-7-18(8-10-19)16-22(29-24(32)11-13-28)25(33)30-14-12-21(17-30)31(20-4-1-2-5-20)26(34)23-6-3-15-35-23/h3,6-10,15,20-22H,1-2,4-5,11-14,16-17,28H2,(H,29,32). The zero-order chi connectivity index (χ0) is 24.8. The zero-order valence-corrected chi connectivity index (χ0v) is 20.6. The maximum absolute atomic E-state index is 13.6. The first-order valence-corrected chi connectivity index (χ1v) is 12.7. The monoisotopic (exact) mass is 500 g/mol. The van der Waals surface area contributed by atoms with Crippen molar-refractivity contribution in [2.24, 2.45) is 5.73 Å². The number of nitrogens with one attached hydrogen (secondary N) is 1. The Kier molecular flexibility index (Phi) is 8.46. The smallest absolute Gasteiger partial charge is 0.290 e. The molecule has 3 amide bonds. The third-order valence-corrected chi connectivity index (χ3v) is 7.16. The van der Waals surface area contributed by atoms with E-state index in [1.165, 1.54) is 6.26 Å². The number of furan rings is 1. The molecule has 9 heteroatoms. The molecule has 1 saturated heterocycles. The maximum atomic E-state index is 13.6. The molecule has 0 spiro atoms. The number of carbonyl (C=O) groups excluding carboxylic acids is 3. The van der Waals surface area contributed by atoms with Crippen LogP contribution in [0.2, 0.25) is 5.02 Å². The van der Waals surface area contributed by atoms with E-state index in [9.17, 15) is 14.4 Å².